The van der Waals surface area contributed by atoms with Gasteiger partial charge in [0.2, 0.25) is 0 Å². The number of nitrogens with zero attached hydrogens (tertiary/aromatic N) is 2. The van der Waals surface area contributed by atoms with E-state index in [0.29, 0.717) is 11.8 Å². The average molecular weight is 487 g/mol. The van der Waals surface area contributed by atoms with Crippen LogP contribution in [0.2, 0.25) is 0 Å². The second kappa shape index (κ2) is 13.0. The van der Waals surface area contributed by atoms with E-state index in [1.807, 2.05) is 13.8 Å². The maximum absolute atomic E-state index is 11.5. The standard InChI is InChI=1S/C24H32N2O2.C4H10O.CH4O/c1-16-7-8-19(15-21(16)28-6)22-18(3)25-17(2)20(9-14-27)23(22)26-12-10-24(4,5)11-13-26;1-4(2,3)5;1-2/h7-8,14-15H,9-13H2,1-6H3;5H,1-3H3;2H,1H3. The molecule has 2 heterocycles. The van der Waals surface area contributed by atoms with Crippen LogP contribution in [0.5, 0.6) is 5.75 Å². The molecule has 0 bridgehead atoms. The van der Waals surface area contributed by atoms with Gasteiger partial charge in [0.25, 0.3) is 0 Å². The number of methoxy groups -OCH3 is 1. The van der Waals surface area contributed by atoms with Crippen molar-refractivity contribution in [2.24, 2.45) is 5.41 Å². The molecular formula is C29H46N2O4. The highest BCUT2D eigenvalue weighted by molar-refractivity contribution is 5.85. The van der Waals surface area contributed by atoms with Crippen molar-refractivity contribution in [2.45, 2.75) is 80.3 Å². The number of hydrogen-bond donors (Lipinski definition) is 2. The summed E-state index contributed by atoms with van der Waals surface area (Å²) in [6, 6.07) is 6.33. The maximum Gasteiger partial charge on any atom is 0.124 e. The zero-order valence-corrected chi connectivity index (χ0v) is 23.5. The van der Waals surface area contributed by atoms with Crippen LogP contribution in [-0.2, 0) is 11.2 Å². The van der Waals surface area contributed by atoms with E-state index in [4.69, 9.17) is 19.9 Å². The van der Waals surface area contributed by atoms with Gasteiger partial charge in [-0.15, -0.1) is 0 Å². The Hall–Kier alpha value is -2.44. The number of pyridine rings is 1. The van der Waals surface area contributed by atoms with Gasteiger partial charge in [-0.05, 0) is 77.0 Å². The molecule has 0 amide bonds. The fourth-order valence-electron chi connectivity index (χ4n) is 4.20. The topological polar surface area (TPSA) is 82.9 Å². The van der Waals surface area contributed by atoms with E-state index in [2.05, 4.69) is 43.9 Å². The predicted molar refractivity (Wildman–Crippen MR) is 146 cm³/mol. The lowest BCUT2D eigenvalue weighted by atomic mass is 9.82. The Bertz CT molecular complexity index is 962. The number of benzene rings is 1. The second-order valence-corrected chi connectivity index (χ2v) is 10.9. The second-order valence-electron chi connectivity index (χ2n) is 10.9. The summed E-state index contributed by atoms with van der Waals surface area (Å²) in [5, 5.41) is 15.5. The number of rotatable bonds is 5. The molecule has 1 fully saturated rings. The zero-order chi connectivity index (χ0) is 27.0. The van der Waals surface area contributed by atoms with Crippen LogP contribution in [0.3, 0.4) is 0 Å². The number of aromatic nitrogens is 1. The first-order valence-electron chi connectivity index (χ1n) is 12.3. The van der Waals surface area contributed by atoms with Crippen molar-refractivity contribution >= 4 is 12.0 Å². The van der Waals surface area contributed by atoms with Gasteiger partial charge in [-0.3, -0.25) is 4.98 Å². The Balaban J connectivity index is 0.000000779. The predicted octanol–water partition coefficient (Wildman–Crippen LogP) is 5.44. The number of ether oxygens (including phenoxy) is 1. The van der Waals surface area contributed by atoms with Crippen LogP contribution < -0.4 is 9.64 Å². The highest BCUT2D eigenvalue weighted by Crippen LogP contribution is 2.42. The van der Waals surface area contributed by atoms with Crippen LogP contribution in [0.4, 0.5) is 5.69 Å². The Morgan fingerprint density at radius 1 is 1.09 bits per heavy atom. The largest absolute Gasteiger partial charge is 0.496 e. The van der Waals surface area contributed by atoms with Crippen molar-refractivity contribution < 1.29 is 19.7 Å². The fraction of sp³-hybridized carbons (Fsp3) is 0.586. The number of carbonyl (C=O) groups is 1. The molecule has 2 N–H and O–H groups in total. The third kappa shape index (κ3) is 8.93. The fourth-order valence-corrected chi connectivity index (χ4v) is 4.20. The van der Waals surface area contributed by atoms with E-state index >= 15 is 0 Å². The SMILES string of the molecule is CC(C)(C)O.CO.COc1cc(-c2c(C)nc(C)c(CC=O)c2N2CCC(C)(C)CC2)ccc1C. The van der Waals surface area contributed by atoms with Crippen molar-refractivity contribution in [1.82, 2.24) is 4.98 Å². The lowest BCUT2D eigenvalue weighted by Crippen LogP contribution is -2.38. The molecule has 2 aromatic rings. The average Bonchev–Trinajstić information content (AvgIpc) is 2.76. The molecule has 3 rings (SSSR count). The van der Waals surface area contributed by atoms with E-state index < -0.39 is 5.60 Å². The molecule has 0 spiro atoms. The summed E-state index contributed by atoms with van der Waals surface area (Å²) in [4.78, 5) is 18.7. The first kappa shape index (κ1) is 30.6. The molecule has 35 heavy (non-hydrogen) atoms. The molecule has 0 radical (unpaired) electrons. The van der Waals surface area contributed by atoms with Crippen molar-refractivity contribution in [3.05, 3.63) is 40.7 Å². The smallest absolute Gasteiger partial charge is 0.124 e. The number of aryl methyl sites for hydroxylation is 3. The maximum atomic E-state index is 11.5. The Morgan fingerprint density at radius 2 is 1.63 bits per heavy atom. The third-order valence-electron chi connectivity index (χ3n) is 6.07. The molecular weight excluding hydrogens is 440 g/mol. The van der Waals surface area contributed by atoms with Crippen LogP contribution >= 0.6 is 0 Å². The van der Waals surface area contributed by atoms with Crippen LogP contribution in [0.25, 0.3) is 11.1 Å². The molecule has 1 aliphatic heterocycles. The highest BCUT2D eigenvalue weighted by atomic mass is 16.5. The van der Waals surface area contributed by atoms with Gasteiger partial charge in [-0.2, -0.15) is 0 Å². The molecule has 6 heteroatoms. The van der Waals surface area contributed by atoms with Gasteiger partial charge in [0.05, 0.1) is 18.4 Å². The van der Waals surface area contributed by atoms with Gasteiger partial charge in [0, 0.05) is 49.1 Å². The van der Waals surface area contributed by atoms with Gasteiger partial charge < -0.3 is 24.6 Å². The van der Waals surface area contributed by atoms with E-state index in [0.717, 1.165) is 78.7 Å². The number of aliphatic hydroxyl groups excluding tert-OH is 1. The zero-order valence-electron chi connectivity index (χ0n) is 23.5. The molecule has 196 valence electrons. The highest BCUT2D eigenvalue weighted by Gasteiger charge is 2.29. The third-order valence-corrected chi connectivity index (χ3v) is 6.07. The van der Waals surface area contributed by atoms with Gasteiger partial charge >= 0.3 is 0 Å². The van der Waals surface area contributed by atoms with Crippen LogP contribution in [0, 0.1) is 26.2 Å². The summed E-state index contributed by atoms with van der Waals surface area (Å²) in [5.74, 6) is 0.875. The monoisotopic (exact) mass is 486 g/mol. The molecule has 1 aliphatic rings. The molecule has 1 saturated heterocycles. The van der Waals surface area contributed by atoms with Crippen molar-refractivity contribution in [1.29, 1.82) is 0 Å². The van der Waals surface area contributed by atoms with Gasteiger partial charge in [-0.25, -0.2) is 0 Å². The molecule has 0 unspecified atom stereocenters. The first-order chi connectivity index (χ1) is 16.3. The van der Waals surface area contributed by atoms with Crippen LogP contribution in [-0.4, -0.2) is 54.4 Å². The summed E-state index contributed by atoms with van der Waals surface area (Å²) in [5.41, 5.74) is 7.38. The van der Waals surface area contributed by atoms with E-state index in [1.165, 1.54) is 5.69 Å². The summed E-state index contributed by atoms with van der Waals surface area (Å²) < 4.78 is 5.57. The molecule has 0 aliphatic carbocycles. The number of anilines is 1. The number of aldehydes is 1. The molecule has 6 nitrogen and oxygen atoms in total. The number of hydrogen-bond acceptors (Lipinski definition) is 6. The Kier molecular flexibility index (Phi) is 11.4. The summed E-state index contributed by atoms with van der Waals surface area (Å²) >= 11 is 0. The van der Waals surface area contributed by atoms with E-state index in [9.17, 15) is 4.79 Å². The lowest BCUT2D eigenvalue weighted by molar-refractivity contribution is -0.107. The Labute approximate surface area is 212 Å². The van der Waals surface area contributed by atoms with E-state index in [1.54, 1.807) is 27.9 Å². The van der Waals surface area contributed by atoms with Crippen molar-refractivity contribution in [3.8, 4) is 16.9 Å². The summed E-state index contributed by atoms with van der Waals surface area (Å²) in [6.07, 6.45) is 3.68. The van der Waals surface area contributed by atoms with Gasteiger partial charge in [0.1, 0.15) is 12.0 Å². The molecule has 0 saturated carbocycles. The summed E-state index contributed by atoms with van der Waals surface area (Å²) in [6.45, 7) is 18.0. The van der Waals surface area contributed by atoms with Gasteiger partial charge in [0.15, 0.2) is 0 Å². The summed E-state index contributed by atoms with van der Waals surface area (Å²) in [7, 11) is 2.71. The number of carbonyl (C=O) groups excluding carboxylic acids is 1. The number of piperidine rings is 1. The van der Waals surface area contributed by atoms with Crippen molar-refractivity contribution in [2.75, 3.05) is 32.2 Å². The minimum absolute atomic E-state index is 0.367. The van der Waals surface area contributed by atoms with Crippen LogP contribution in [0.1, 0.15) is 70.0 Å². The molecule has 1 aromatic heterocycles. The quantitative estimate of drug-likeness (QED) is 0.548. The lowest BCUT2D eigenvalue weighted by Gasteiger charge is -2.40. The van der Waals surface area contributed by atoms with Crippen LogP contribution in [0.15, 0.2) is 18.2 Å². The van der Waals surface area contributed by atoms with Gasteiger partial charge in [-0.1, -0.05) is 26.0 Å². The Morgan fingerprint density at radius 3 is 2.11 bits per heavy atom. The minimum Gasteiger partial charge on any atom is -0.496 e. The number of aliphatic hydroxyl groups is 2. The first-order valence-corrected chi connectivity index (χ1v) is 12.3. The molecule has 0 atom stereocenters. The normalized spacial score (nSPS) is 14.8. The van der Waals surface area contributed by atoms with Crippen molar-refractivity contribution in [3.63, 3.8) is 0 Å². The molecule has 1 aromatic carbocycles. The van der Waals surface area contributed by atoms with E-state index in [-0.39, 0.29) is 0 Å². The minimum atomic E-state index is -0.500.